The summed E-state index contributed by atoms with van der Waals surface area (Å²) < 4.78 is 3.45. The zero-order valence-corrected chi connectivity index (χ0v) is 17.7. The SMILES string of the molecule is O=C1NC(=O)C([CH]2c3ccc[c]4c3C=[C](CCc3ccccc3)[In]42)S1. The van der Waals surface area contributed by atoms with Gasteiger partial charge in [-0.2, -0.15) is 0 Å². The normalized spacial score (nSPS) is 23.2. The molecule has 1 fully saturated rings. The number of aryl methyl sites for hydroxylation is 1. The standard InChI is InChI=1S/C20H16NO2S.In/c22-19-18(24-20(23)21-19)14-17-13-7-6-12-16(17)11-5-4-10-15-8-2-1-3-9-15;/h1-3,6-9,11,13-14,18H,4,10H2,(H,21,22,23);. The number of nitrogens with one attached hydrogen (secondary N) is 1. The third-order valence-corrected chi connectivity index (χ3v) is 18.5. The van der Waals surface area contributed by atoms with E-state index in [0.717, 1.165) is 12.8 Å². The molecule has 0 radical (unpaired) electrons. The van der Waals surface area contributed by atoms with Crippen LogP contribution in [0.3, 0.4) is 0 Å². The van der Waals surface area contributed by atoms with Gasteiger partial charge in [-0.05, 0) is 0 Å². The summed E-state index contributed by atoms with van der Waals surface area (Å²) in [5, 5.41) is 2.09. The molecule has 3 aliphatic heterocycles. The molecule has 2 amide bonds. The zero-order chi connectivity index (χ0) is 17.0. The first-order valence-electron chi connectivity index (χ1n) is 8.61. The van der Waals surface area contributed by atoms with E-state index in [4.69, 9.17) is 0 Å². The van der Waals surface area contributed by atoms with E-state index in [1.54, 1.807) is 6.65 Å². The van der Waals surface area contributed by atoms with Gasteiger partial charge in [0.1, 0.15) is 0 Å². The number of thioether (sulfide) groups is 1. The van der Waals surface area contributed by atoms with E-state index < -0.39 is 21.4 Å². The number of carbonyl (C=O) groups is 2. The van der Waals surface area contributed by atoms with Crippen LogP contribution in [0.2, 0.25) is 0 Å². The molecule has 3 nitrogen and oxygen atoms in total. The number of hydrogen-bond acceptors (Lipinski definition) is 3. The van der Waals surface area contributed by atoms with E-state index in [-0.39, 0.29) is 16.4 Å². The van der Waals surface area contributed by atoms with Crippen molar-refractivity contribution in [3.05, 3.63) is 68.6 Å². The van der Waals surface area contributed by atoms with E-state index >= 15 is 0 Å². The second-order valence-corrected chi connectivity index (χ2v) is 16.7. The van der Waals surface area contributed by atoms with Gasteiger partial charge in [0.05, 0.1) is 0 Å². The van der Waals surface area contributed by atoms with E-state index in [1.807, 2.05) is 0 Å². The van der Waals surface area contributed by atoms with Crippen LogP contribution in [0, 0.1) is 0 Å². The Balaban J connectivity index is 1.45. The third kappa shape index (κ3) is 2.51. The number of amides is 2. The Morgan fingerprint density at radius 1 is 1.00 bits per heavy atom. The topological polar surface area (TPSA) is 46.2 Å². The molecule has 2 aromatic rings. The summed E-state index contributed by atoms with van der Waals surface area (Å²) in [6.45, 7) is 0. The van der Waals surface area contributed by atoms with Crippen LogP contribution in [0.5, 0.6) is 0 Å². The van der Waals surface area contributed by atoms with Crippen LogP contribution < -0.4 is 8.64 Å². The fraction of sp³-hybridized carbons (Fsp3) is 0.200. The van der Waals surface area contributed by atoms with Crippen molar-refractivity contribution in [2.75, 3.05) is 0 Å². The van der Waals surface area contributed by atoms with Crippen LogP contribution in [0.15, 0.2) is 51.9 Å². The van der Waals surface area contributed by atoms with E-state index in [9.17, 15) is 9.59 Å². The third-order valence-electron chi connectivity index (χ3n) is 5.55. The Bertz CT molecular complexity index is 925. The van der Waals surface area contributed by atoms with Crippen molar-refractivity contribution in [1.29, 1.82) is 0 Å². The van der Waals surface area contributed by atoms with Crippen LogP contribution in [-0.2, 0) is 11.2 Å². The molecule has 2 atom stereocenters. The summed E-state index contributed by atoms with van der Waals surface area (Å²) in [5.74, 6) is -0.0839. The predicted molar refractivity (Wildman–Crippen MR) is 102 cm³/mol. The van der Waals surface area contributed by atoms with Crippen LogP contribution in [0.25, 0.3) is 6.08 Å². The minimum atomic E-state index is -2.30. The molecule has 25 heavy (non-hydrogen) atoms. The summed E-state index contributed by atoms with van der Waals surface area (Å²) in [5.41, 5.74) is 4.07. The van der Waals surface area contributed by atoms with Gasteiger partial charge in [-0.1, -0.05) is 0 Å². The fourth-order valence-corrected chi connectivity index (χ4v) is 18.9. The van der Waals surface area contributed by atoms with Crippen LogP contribution in [0.1, 0.15) is 26.8 Å². The molecule has 0 spiro atoms. The quantitative estimate of drug-likeness (QED) is 0.781. The van der Waals surface area contributed by atoms with Crippen molar-refractivity contribution in [1.82, 2.24) is 5.32 Å². The second-order valence-electron chi connectivity index (χ2n) is 6.87. The maximum absolute atomic E-state index is 12.3. The van der Waals surface area contributed by atoms with Gasteiger partial charge < -0.3 is 0 Å². The number of imide groups is 1. The number of rotatable bonds is 4. The summed E-state index contributed by atoms with van der Waals surface area (Å²) in [6.07, 6.45) is 4.55. The summed E-state index contributed by atoms with van der Waals surface area (Å²) in [4.78, 5) is 24.0. The summed E-state index contributed by atoms with van der Waals surface area (Å²) in [6, 6.07) is 17.2. The Hall–Kier alpha value is -1.46. The number of allylic oxidation sites excluding steroid dienone is 1. The van der Waals surface area contributed by atoms with E-state index in [0.29, 0.717) is 3.67 Å². The molecule has 2 aromatic carbocycles. The van der Waals surface area contributed by atoms with Crippen LogP contribution >= 0.6 is 11.8 Å². The molecule has 1 saturated heterocycles. The van der Waals surface area contributed by atoms with E-state index in [2.05, 4.69) is 59.9 Å². The maximum atomic E-state index is 12.3. The van der Waals surface area contributed by atoms with Gasteiger partial charge in [-0.15, -0.1) is 0 Å². The molecule has 0 aliphatic carbocycles. The molecular weight excluding hydrogens is 433 g/mol. The monoisotopic (exact) mass is 449 g/mol. The fourth-order valence-electron chi connectivity index (χ4n) is 4.51. The van der Waals surface area contributed by atoms with Gasteiger partial charge in [0.25, 0.3) is 0 Å². The number of carbonyl (C=O) groups excluding carboxylic acids is 2. The first-order valence-corrected chi connectivity index (χ1v) is 14.7. The second kappa shape index (κ2) is 6.06. The van der Waals surface area contributed by atoms with E-state index in [1.165, 1.54) is 28.5 Å². The first-order chi connectivity index (χ1) is 12.2. The molecule has 122 valence electrons. The van der Waals surface area contributed by atoms with Crippen molar-refractivity contribution in [2.24, 2.45) is 0 Å². The molecule has 3 heterocycles. The van der Waals surface area contributed by atoms with Crippen molar-refractivity contribution >= 4 is 53.7 Å². The van der Waals surface area contributed by atoms with Gasteiger partial charge in [0.15, 0.2) is 0 Å². The van der Waals surface area contributed by atoms with Gasteiger partial charge >= 0.3 is 159 Å². The van der Waals surface area contributed by atoms with Crippen molar-refractivity contribution in [2.45, 2.75) is 21.8 Å². The molecule has 0 aromatic heterocycles. The van der Waals surface area contributed by atoms with Gasteiger partial charge in [0, 0.05) is 0 Å². The molecular formula is C20H16InNO2S. The Kier molecular flexibility index (Phi) is 3.82. The van der Waals surface area contributed by atoms with Gasteiger partial charge in [-0.3, -0.25) is 0 Å². The van der Waals surface area contributed by atoms with Gasteiger partial charge in [0.2, 0.25) is 0 Å². The average Bonchev–Trinajstić information content (AvgIpc) is 3.20. The van der Waals surface area contributed by atoms with Crippen molar-refractivity contribution in [3.63, 3.8) is 0 Å². The first kappa shape index (κ1) is 15.8. The Morgan fingerprint density at radius 3 is 2.56 bits per heavy atom. The molecule has 0 saturated carbocycles. The van der Waals surface area contributed by atoms with Crippen molar-refractivity contribution < 1.29 is 9.59 Å². The van der Waals surface area contributed by atoms with Crippen molar-refractivity contribution in [3.8, 4) is 0 Å². The molecule has 2 unspecified atom stereocenters. The number of hydrogen-bond donors (Lipinski definition) is 1. The molecule has 4 bridgehead atoms. The molecule has 5 heteroatoms. The van der Waals surface area contributed by atoms with Crippen LogP contribution in [0.4, 0.5) is 4.79 Å². The Morgan fingerprint density at radius 2 is 1.84 bits per heavy atom. The van der Waals surface area contributed by atoms with Gasteiger partial charge in [-0.25, -0.2) is 0 Å². The average molecular weight is 449 g/mol. The molecule has 3 aliphatic rings. The van der Waals surface area contributed by atoms with Crippen LogP contribution in [-0.4, -0.2) is 37.8 Å². The Labute approximate surface area is 158 Å². The molecule has 1 N–H and O–H groups in total. The summed E-state index contributed by atoms with van der Waals surface area (Å²) >= 11 is -1.09. The number of benzene rings is 2. The predicted octanol–water partition coefficient (Wildman–Crippen LogP) is 2.95. The minimum absolute atomic E-state index is 0.0839. The zero-order valence-electron chi connectivity index (χ0n) is 13.6. The molecule has 5 rings (SSSR count). The summed E-state index contributed by atoms with van der Waals surface area (Å²) in [7, 11) is 0.